The predicted molar refractivity (Wildman–Crippen MR) is 156 cm³/mol. The van der Waals surface area contributed by atoms with E-state index in [2.05, 4.69) is 12.1 Å². The van der Waals surface area contributed by atoms with Crippen molar-refractivity contribution in [1.29, 1.82) is 0 Å². The van der Waals surface area contributed by atoms with Crippen LogP contribution in [-0.2, 0) is 28.9 Å². The minimum Gasteiger partial charge on any atom is -0.457 e. The van der Waals surface area contributed by atoms with Crippen LogP contribution in [0.15, 0.2) is 97.1 Å². The Labute approximate surface area is 243 Å². The van der Waals surface area contributed by atoms with Gasteiger partial charge in [0.15, 0.2) is 5.78 Å². The van der Waals surface area contributed by atoms with Crippen molar-refractivity contribution < 1.29 is 18.7 Å². The SMILES string of the molecule is O=C(Cc1ccc(Oc2ccc(F)cc2)cc1)[C@@H]1C[C@@H](Cc2ccccc2)CN1C(=O)Cc1c(Cl)cccc1Cl. The van der Waals surface area contributed by atoms with Gasteiger partial charge in [-0.15, -0.1) is 0 Å². The number of likely N-dealkylation sites (tertiary alicyclic amines) is 1. The molecule has 4 nitrogen and oxygen atoms in total. The molecule has 0 saturated carbocycles. The lowest BCUT2D eigenvalue weighted by molar-refractivity contribution is -0.136. The second-order valence-electron chi connectivity index (χ2n) is 10.1. The van der Waals surface area contributed by atoms with Crippen LogP contribution in [0.1, 0.15) is 23.1 Å². The first kappa shape index (κ1) is 27.9. The maximum Gasteiger partial charge on any atom is 0.227 e. The summed E-state index contributed by atoms with van der Waals surface area (Å²) in [5.74, 6) is 0.761. The first-order valence-electron chi connectivity index (χ1n) is 13.2. The standard InChI is InChI=1S/C33H28Cl2FNO3/c34-29-7-4-8-30(35)28(29)20-33(39)37-21-24(17-22-5-2-1-3-6-22)18-31(37)32(38)19-23-9-13-26(14-10-23)40-27-15-11-25(36)12-16-27/h1-16,24,31H,17-21H2/t24-,31+/m1/s1. The number of ketones is 1. The van der Waals surface area contributed by atoms with E-state index in [-0.39, 0.29) is 36.3 Å². The van der Waals surface area contributed by atoms with E-state index in [0.29, 0.717) is 40.1 Å². The minimum absolute atomic E-state index is 0.0126. The van der Waals surface area contributed by atoms with Gasteiger partial charge in [0.05, 0.1) is 12.5 Å². The fraction of sp³-hybridized carbons (Fsp3) is 0.212. The Morgan fingerprint density at radius 1 is 0.775 bits per heavy atom. The Balaban J connectivity index is 1.30. The Morgan fingerprint density at radius 3 is 2.05 bits per heavy atom. The summed E-state index contributed by atoms with van der Waals surface area (Å²) in [5, 5.41) is 0.874. The predicted octanol–water partition coefficient (Wildman–Crippen LogP) is 7.74. The molecule has 204 valence electrons. The van der Waals surface area contributed by atoms with Crippen LogP contribution in [-0.4, -0.2) is 29.2 Å². The van der Waals surface area contributed by atoms with Gasteiger partial charge in [0.25, 0.3) is 0 Å². The van der Waals surface area contributed by atoms with Gasteiger partial charge in [0.1, 0.15) is 17.3 Å². The molecule has 1 fully saturated rings. The fourth-order valence-electron chi connectivity index (χ4n) is 5.19. The number of hydrogen-bond acceptors (Lipinski definition) is 3. The van der Waals surface area contributed by atoms with Crippen LogP contribution in [0.5, 0.6) is 11.5 Å². The first-order valence-corrected chi connectivity index (χ1v) is 13.9. The number of rotatable bonds is 9. The third-order valence-corrected chi connectivity index (χ3v) is 7.90. The Kier molecular flexibility index (Phi) is 8.83. The van der Waals surface area contributed by atoms with E-state index < -0.39 is 6.04 Å². The van der Waals surface area contributed by atoms with E-state index in [1.165, 1.54) is 17.7 Å². The van der Waals surface area contributed by atoms with Gasteiger partial charge in [0, 0.05) is 23.0 Å². The van der Waals surface area contributed by atoms with Crippen molar-refractivity contribution in [2.45, 2.75) is 31.7 Å². The highest BCUT2D eigenvalue weighted by Crippen LogP contribution is 2.31. The average Bonchev–Trinajstić information content (AvgIpc) is 3.38. The van der Waals surface area contributed by atoms with E-state index >= 15 is 0 Å². The van der Waals surface area contributed by atoms with Crippen molar-refractivity contribution in [1.82, 2.24) is 4.90 Å². The number of carbonyl (C=O) groups is 2. The molecule has 5 rings (SSSR count). The van der Waals surface area contributed by atoms with Crippen molar-refractivity contribution in [3.8, 4) is 11.5 Å². The van der Waals surface area contributed by atoms with Crippen LogP contribution < -0.4 is 4.74 Å². The molecule has 0 radical (unpaired) electrons. The zero-order chi connectivity index (χ0) is 28.1. The van der Waals surface area contributed by atoms with Gasteiger partial charge in [-0.05, 0) is 84.0 Å². The molecule has 1 amide bonds. The third kappa shape index (κ3) is 6.90. The van der Waals surface area contributed by atoms with Crippen molar-refractivity contribution in [3.05, 3.63) is 130 Å². The lowest BCUT2D eigenvalue weighted by Crippen LogP contribution is -2.42. The molecule has 40 heavy (non-hydrogen) atoms. The number of nitrogens with zero attached hydrogens (tertiary/aromatic N) is 1. The molecule has 1 saturated heterocycles. The van der Waals surface area contributed by atoms with Crippen LogP contribution >= 0.6 is 23.2 Å². The number of benzene rings is 4. The molecule has 0 aromatic heterocycles. The van der Waals surface area contributed by atoms with Crippen LogP contribution in [0.25, 0.3) is 0 Å². The lowest BCUT2D eigenvalue weighted by Gasteiger charge is -2.24. The van der Waals surface area contributed by atoms with Gasteiger partial charge in [-0.1, -0.05) is 71.7 Å². The van der Waals surface area contributed by atoms with Crippen LogP contribution in [0, 0.1) is 11.7 Å². The number of ether oxygens (including phenoxy) is 1. The smallest absolute Gasteiger partial charge is 0.227 e. The van der Waals surface area contributed by atoms with Gasteiger partial charge in [-0.25, -0.2) is 4.39 Å². The van der Waals surface area contributed by atoms with Crippen molar-refractivity contribution >= 4 is 34.9 Å². The average molecular weight is 576 g/mol. The van der Waals surface area contributed by atoms with Gasteiger partial charge in [-0.2, -0.15) is 0 Å². The molecule has 0 unspecified atom stereocenters. The molecule has 0 N–H and O–H groups in total. The summed E-state index contributed by atoms with van der Waals surface area (Å²) in [5.41, 5.74) is 2.58. The van der Waals surface area contributed by atoms with E-state index in [4.69, 9.17) is 27.9 Å². The van der Waals surface area contributed by atoms with Crippen LogP contribution in [0.4, 0.5) is 4.39 Å². The second-order valence-corrected chi connectivity index (χ2v) is 10.9. The normalized spacial score (nSPS) is 16.6. The molecule has 1 aliphatic rings. The fourth-order valence-corrected chi connectivity index (χ4v) is 5.72. The molecule has 0 aliphatic carbocycles. The summed E-state index contributed by atoms with van der Waals surface area (Å²) in [7, 11) is 0. The highest BCUT2D eigenvalue weighted by Gasteiger charge is 2.39. The molecule has 1 heterocycles. The summed E-state index contributed by atoms with van der Waals surface area (Å²) in [6, 6.07) is 27.8. The Bertz CT molecular complexity index is 1460. The largest absolute Gasteiger partial charge is 0.457 e. The quantitative estimate of drug-likeness (QED) is 0.205. The van der Waals surface area contributed by atoms with E-state index in [0.717, 1.165) is 12.0 Å². The van der Waals surface area contributed by atoms with E-state index in [1.54, 1.807) is 47.4 Å². The first-order chi connectivity index (χ1) is 19.4. The molecule has 2 atom stereocenters. The van der Waals surface area contributed by atoms with E-state index in [1.807, 2.05) is 30.3 Å². The summed E-state index contributed by atoms with van der Waals surface area (Å²) < 4.78 is 18.9. The van der Waals surface area contributed by atoms with Crippen LogP contribution in [0.2, 0.25) is 10.0 Å². The molecule has 4 aromatic carbocycles. The number of amides is 1. The molecule has 4 aromatic rings. The Hall–Kier alpha value is -3.67. The summed E-state index contributed by atoms with van der Waals surface area (Å²) in [4.78, 5) is 28.9. The monoisotopic (exact) mass is 575 g/mol. The Morgan fingerprint density at radius 2 is 1.40 bits per heavy atom. The number of hydrogen-bond donors (Lipinski definition) is 0. The molecule has 1 aliphatic heterocycles. The minimum atomic E-state index is -0.530. The summed E-state index contributed by atoms with van der Waals surface area (Å²) in [6.07, 6.45) is 1.62. The molecule has 7 heteroatoms. The maximum absolute atomic E-state index is 13.6. The van der Waals surface area contributed by atoms with Crippen molar-refractivity contribution in [2.75, 3.05) is 6.54 Å². The number of carbonyl (C=O) groups excluding carboxylic acids is 2. The zero-order valence-corrected chi connectivity index (χ0v) is 23.2. The summed E-state index contributed by atoms with van der Waals surface area (Å²) in [6.45, 7) is 0.497. The number of Topliss-reactive ketones (excluding diaryl/α,β-unsaturated/α-hetero) is 1. The molecule has 0 spiro atoms. The maximum atomic E-state index is 13.6. The molecule has 0 bridgehead atoms. The zero-order valence-electron chi connectivity index (χ0n) is 21.7. The molecular formula is C33H28Cl2FNO3. The summed E-state index contributed by atoms with van der Waals surface area (Å²) >= 11 is 12.7. The lowest BCUT2D eigenvalue weighted by atomic mass is 9.94. The highest BCUT2D eigenvalue weighted by atomic mass is 35.5. The van der Waals surface area contributed by atoms with E-state index in [9.17, 15) is 14.0 Å². The highest BCUT2D eigenvalue weighted by molar-refractivity contribution is 6.36. The van der Waals surface area contributed by atoms with Gasteiger partial charge in [0.2, 0.25) is 5.91 Å². The van der Waals surface area contributed by atoms with Gasteiger partial charge >= 0.3 is 0 Å². The second kappa shape index (κ2) is 12.7. The van der Waals surface area contributed by atoms with Gasteiger partial charge < -0.3 is 9.64 Å². The van der Waals surface area contributed by atoms with Crippen molar-refractivity contribution in [2.24, 2.45) is 5.92 Å². The van der Waals surface area contributed by atoms with Crippen molar-refractivity contribution in [3.63, 3.8) is 0 Å². The topological polar surface area (TPSA) is 46.6 Å². The third-order valence-electron chi connectivity index (χ3n) is 7.19. The van der Waals surface area contributed by atoms with Crippen LogP contribution in [0.3, 0.4) is 0 Å². The number of halogens is 3. The molecular weight excluding hydrogens is 548 g/mol. The van der Waals surface area contributed by atoms with Gasteiger partial charge in [-0.3, -0.25) is 9.59 Å².